The van der Waals surface area contributed by atoms with E-state index in [-0.39, 0.29) is 15.5 Å². The quantitative estimate of drug-likeness (QED) is 0.676. The molecule has 0 atom stereocenters. The normalized spacial score (nSPS) is 10.9. The first-order valence-corrected chi connectivity index (χ1v) is 10.1. The maximum atomic E-state index is 12.2. The molecule has 2 aromatic carbocycles. The number of hydrogen-bond donors (Lipinski definition) is 1. The molecule has 0 saturated carbocycles. The van der Waals surface area contributed by atoms with Gasteiger partial charge in [0.2, 0.25) is 0 Å². The Bertz CT molecular complexity index is 1000. The van der Waals surface area contributed by atoms with Crippen molar-refractivity contribution in [1.29, 1.82) is 0 Å². The van der Waals surface area contributed by atoms with Gasteiger partial charge in [0.25, 0.3) is 5.91 Å². The zero-order valence-electron chi connectivity index (χ0n) is 15.3. The number of amides is 1. The van der Waals surface area contributed by atoms with Gasteiger partial charge in [0.1, 0.15) is 11.5 Å². The highest BCUT2D eigenvalue weighted by atomic mass is 35.5. The molecule has 0 aliphatic carbocycles. The van der Waals surface area contributed by atoms with Gasteiger partial charge in [0.05, 0.1) is 35.4 Å². The van der Waals surface area contributed by atoms with Gasteiger partial charge in [-0.25, -0.2) is 13.2 Å². The number of rotatable bonds is 7. The number of nitrogens with one attached hydrogen (secondary N) is 1. The Morgan fingerprint density at radius 1 is 1.07 bits per heavy atom. The minimum atomic E-state index is -3.53. The molecule has 150 valence electrons. The van der Waals surface area contributed by atoms with Gasteiger partial charge < -0.3 is 19.5 Å². The van der Waals surface area contributed by atoms with Crippen molar-refractivity contribution in [2.45, 2.75) is 4.90 Å². The van der Waals surface area contributed by atoms with Gasteiger partial charge in [-0.15, -0.1) is 0 Å². The van der Waals surface area contributed by atoms with E-state index < -0.39 is 28.3 Å². The highest BCUT2D eigenvalue weighted by Crippen LogP contribution is 2.29. The maximum absolute atomic E-state index is 12.2. The molecule has 10 heteroatoms. The van der Waals surface area contributed by atoms with Gasteiger partial charge in [-0.2, -0.15) is 0 Å². The van der Waals surface area contributed by atoms with E-state index in [1.807, 2.05) is 0 Å². The van der Waals surface area contributed by atoms with Crippen LogP contribution in [0.15, 0.2) is 41.3 Å². The van der Waals surface area contributed by atoms with Crippen LogP contribution in [0.4, 0.5) is 5.69 Å². The third-order valence-corrected chi connectivity index (χ3v) is 5.04. The second kappa shape index (κ2) is 8.94. The molecule has 0 aliphatic rings. The molecule has 2 aromatic rings. The van der Waals surface area contributed by atoms with Crippen molar-refractivity contribution in [2.24, 2.45) is 0 Å². The first kappa shape index (κ1) is 21.5. The molecule has 0 heterocycles. The maximum Gasteiger partial charge on any atom is 0.340 e. The van der Waals surface area contributed by atoms with E-state index in [1.54, 1.807) is 18.2 Å². The standard InChI is InChI=1S/C18H18ClNO7S/c1-25-11-4-7-15(16(8-11)26-2)20-17(21)10-27-18(22)13-9-12(28(3,23)24)5-6-14(13)19/h4-9H,10H2,1-3H3,(H,20,21). The number of hydrogen-bond acceptors (Lipinski definition) is 7. The van der Waals surface area contributed by atoms with Crippen molar-refractivity contribution in [3.05, 3.63) is 47.0 Å². The second-order valence-electron chi connectivity index (χ2n) is 5.60. The van der Waals surface area contributed by atoms with Crippen molar-refractivity contribution in [2.75, 3.05) is 32.4 Å². The topological polar surface area (TPSA) is 108 Å². The average molecular weight is 428 g/mol. The molecule has 0 aromatic heterocycles. The predicted molar refractivity (Wildman–Crippen MR) is 103 cm³/mol. The van der Waals surface area contributed by atoms with E-state index in [9.17, 15) is 18.0 Å². The lowest BCUT2D eigenvalue weighted by atomic mass is 10.2. The zero-order chi connectivity index (χ0) is 20.9. The van der Waals surface area contributed by atoms with Crippen molar-refractivity contribution >= 4 is 39.0 Å². The van der Waals surface area contributed by atoms with Crippen LogP contribution in [0.3, 0.4) is 0 Å². The number of ether oxygens (including phenoxy) is 3. The number of benzene rings is 2. The first-order chi connectivity index (χ1) is 13.2. The van der Waals surface area contributed by atoms with Crippen molar-refractivity contribution in [1.82, 2.24) is 0 Å². The fourth-order valence-electron chi connectivity index (χ4n) is 2.19. The third-order valence-electron chi connectivity index (χ3n) is 3.60. The summed E-state index contributed by atoms with van der Waals surface area (Å²) in [6.45, 7) is -0.604. The molecular formula is C18H18ClNO7S. The molecule has 0 spiro atoms. The molecule has 0 aliphatic heterocycles. The van der Waals surface area contributed by atoms with E-state index in [2.05, 4.69) is 5.32 Å². The van der Waals surface area contributed by atoms with Crippen LogP contribution in [-0.2, 0) is 19.4 Å². The van der Waals surface area contributed by atoms with Crippen LogP contribution >= 0.6 is 11.6 Å². The van der Waals surface area contributed by atoms with Gasteiger partial charge in [-0.3, -0.25) is 4.79 Å². The van der Waals surface area contributed by atoms with Crippen LogP contribution in [0, 0.1) is 0 Å². The van der Waals surface area contributed by atoms with Crippen LogP contribution in [0.25, 0.3) is 0 Å². The summed E-state index contributed by atoms with van der Waals surface area (Å²) in [6.07, 6.45) is 1.00. The number of halogens is 1. The molecule has 8 nitrogen and oxygen atoms in total. The predicted octanol–water partition coefficient (Wildman–Crippen LogP) is 2.56. The smallest absolute Gasteiger partial charge is 0.340 e. The van der Waals surface area contributed by atoms with Crippen LogP contribution in [0.5, 0.6) is 11.5 Å². The number of carbonyl (C=O) groups excluding carboxylic acids is 2. The Balaban J connectivity index is 2.06. The Kier molecular flexibility index (Phi) is 6.87. The third kappa shape index (κ3) is 5.37. The molecule has 2 rings (SSSR count). The Morgan fingerprint density at radius 3 is 2.39 bits per heavy atom. The van der Waals surface area contributed by atoms with E-state index in [0.29, 0.717) is 17.2 Å². The number of methoxy groups -OCH3 is 2. The second-order valence-corrected chi connectivity index (χ2v) is 8.03. The van der Waals surface area contributed by atoms with Gasteiger partial charge in [-0.1, -0.05) is 11.6 Å². The molecular weight excluding hydrogens is 410 g/mol. The number of esters is 1. The molecule has 0 unspecified atom stereocenters. The monoisotopic (exact) mass is 427 g/mol. The van der Waals surface area contributed by atoms with Crippen molar-refractivity contribution < 1.29 is 32.2 Å². The fraction of sp³-hybridized carbons (Fsp3) is 0.222. The van der Waals surface area contributed by atoms with Crippen LogP contribution in [0.1, 0.15) is 10.4 Å². The number of anilines is 1. The van der Waals surface area contributed by atoms with Crippen LogP contribution in [-0.4, -0.2) is 47.4 Å². The SMILES string of the molecule is COc1ccc(NC(=O)COC(=O)c2cc(S(C)(=O)=O)ccc2Cl)c(OC)c1. The van der Waals surface area contributed by atoms with Crippen LogP contribution < -0.4 is 14.8 Å². The van der Waals surface area contributed by atoms with Gasteiger partial charge in [0.15, 0.2) is 16.4 Å². The van der Waals surface area contributed by atoms with E-state index in [1.165, 1.54) is 26.4 Å². The lowest BCUT2D eigenvalue weighted by molar-refractivity contribution is -0.119. The van der Waals surface area contributed by atoms with Crippen LogP contribution in [0.2, 0.25) is 5.02 Å². The van der Waals surface area contributed by atoms with Crippen molar-refractivity contribution in [3.8, 4) is 11.5 Å². The Labute approximate surface area is 167 Å². The van der Waals surface area contributed by atoms with E-state index in [4.69, 9.17) is 25.8 Å². The van der Waals surface area contributed by atoms with Gasteiger partial charge in [0, 0.05) is 12.3 Å². The van der Waals surface area contributed by atoms with Crippen molar-refractivity contribution in [3.63, 3.8) is 0 Å². The summed E-state index contributed by atoms with van der Waals surface area (Å²) in [6, 6.07) is 8.43. The number of sulfone groups is 1. The summed E-state index contributed by atoms with van der Waals surface area (Å²) in [5.41, 5.74) is 0.209. The lowest BCUT2D eigenvalue weighted by Gasteiger charge is -2.12. The summed E-state index contributed by atoms with van der Waals surface area (Å²) in [7, 11) is -0.603. The highest BCUT2D eigenvalue weighted by molar-refractivity contribution is 7.90. The summed E-state index contributed by atoms with van der Waals surface area (Å²) < 4.78 is 38.4. The Morgan fingerprint density at radius 2 is 1.79 bits per heavy atom. The summed E-state index contributed by atoms with van der Waals surface area (Å²) in [5.74, 6) is -0.635. The molecule has 0 saturated heterocycles. The van der Waals surface area contributed by atoms with Gasteiger partial charge >= 0.3 is 5.97 Å². The van der Waals surface area contributed by atoms with E-state index >= 15 is 0 Å². The molecule has 0 bridgehead atoms. The largest absolute Gasteiger partial charge is 0.497 e. The minimum Gasteiger partial charge on any atom is -0.497 e. The molecule has 1 amide bonds. The number of carbonyl (C=O) groups is 2. The van der Waals surface area contributed by atoms with E-state index in [0.717, 1.165) is 12.3 Å². The molecule has 28 heavy (non-hydrogen) atoms. The zero-order valence-corrected chi connectivity index (χ0v) is 16.9. The summed E-state index contributed by atoms with van der Waals surface area (Å²) >= 11 is 5.93. The first-order valence-electron chi connectivity index (χ1n) is 7.84. The molecule has 0 radical (unpaired) electrons. The average Bonchev–Trinajstić information content (AvgIpc) is 2.65. The highest BCUT2D eigenvalue weighted by Gasteiger charge is 2.18. The fourth-order valence-corrected chi connectivity index (χ4v) is 3.03. The molecule has 1 N–H and O–H groups in total. The molecule has 0 fully saturated rings. The van der Waals surface area contributed by atoms with Gasteiger partial charge in [-0.05, 0) is 30.3 Å². The minimum absolute atomic E-state index is 0.00892. The Hall–Kier alpha value is -2.78. The summed E-state index contributed by atoms with van der Waals surface area (Å²) in [5, 5.41) is 2.55. The summed E-state index contributed by atoms with van der Waals surface area (Å²) in [4.78, 5) is 24.2. The lowest BCUT2D eigenvalue weighted by Crippen LogP contribution is -2.21.